The fraction of sp³-hybridized carbons (Fsp3) is 0.286. The summed E-state index contributed by atoms with van der Waals surface area (Å²) in [4.78, 5) is 6.60. The molecule has 0 aliphatic rings. The molecule has 0 N–H and O–H groups in total. The van der Waals surface area contributed by atoms with Crippen molar-refractivity contribution in [1.29, 1.82) is 0 Å². The molecule has 1 heterocycles. The first-order chi connectivity index (χ1) is 6.15. The SMILES string of the molecule is Cc1cc(Cl)c(CN=[N+]=[N-])c(Cl)n1. The predicted molar refractivity (Wildman–Crippen MR) is 51.8 cm³/mol. The topological polar surface area (TPSA) is 61.7 Å². The van der Waals surface area contributed by atoms with E-state index in [1.54, 1.807) is 13.0 Å². The molecule has 0 aromatic carbocycles. The van der Waals surface area contributed by atoms with Crippen molar-refractivity contribution in [3.8, 4) is 0 Å². The van der Waals surface area contributed by atoms with Crippen molar-refractivity contribution in [2.24, 2.45) is 5.11 Å². The number of hydrogen-bond donors (Lipinski definition) is 0. The Balaban J connectivity index is 3.12. The van der Waals surface area contributed by atoms with Crippen LogP contribution >= 0.6 is 23.2 Å². The minimum absolute atomic E-state index is 0.126. The van der Waals surface area contributed by atoms with Gasteiger partial charge in [-0.3, -0.25) is 0 Å². The standard InChI is InChI=1S/C7H6Cl2N4/c1-4-2-6(8)5(3-11-13-10)7(9)12-4/h2H,3H2,1H3. The van der Waals surface area contributed by atoms with Crippen molar-refractivity contribution >= 4 is 23.2 Å². The van der Waals surface area contributed by atoms with E-state index in [4.69, 9.17) is 28.7 Å². The second-order valence-corrected chi connectivity index (χ2v) is 3.17. The Morgan fingerprint density at radius 3 is 2.85 bits per heavy atom. The summed E-state index contributed by atoms with van der Waals surface area (Å²) in [5.41, 5.74) is 9.41. The zero-order chi connectivity index (χ0) is 9.84. The van der Waals surface area contributed by atoms with E-state index < -0.39 is 0 Å². The maximum Gasteiger partial charge on any atom is 0.134 e. The largest absolute Gasteiger partial charge is 0.241 e. The molecule has 6 heteroatoms. The molecule has 0 saturated heterocycles. The molecule has 13 heavy (non-hydrogen) atoms. The summed E-state index contributed by atoms with van der Waals surface area (Å²) < 4.78 is 0. The van der Waals surface area contributed by atoms with Gasteiger partial charge in [-0.05, 0) is 18.5 Å². The van der Waals surface area contributed by atoms with Gasteiger partial charge < -0.3 is 0 Å². The van der Waals surface area contributed by atoms with Gasteiger partial charge in [0.05, 0.1) is 6.54 Å². The lowest BCUT2D eigenvalue weighted by molar-refractivity contribution is 1.02. The van der Waals surface area contributed by atoms with Gasteiger partial charge >= 0.3 is 0 Å². The Morgan fingerprint density at radius 1 is 1.62 bits per heavy atom. The number of hydrogen-bond acceptors (Lipinski definition) is 2. The summed E-state index contributed by atoms with van der Waals surface area (Å²) in [6.45, 7) is 1.91. The predicted octanol–water partition coefficient (Wildman–Crippen LogP) is 3.51. The Morgan fingerprint density at radius 2 is 2.31 bits per heavy atom. The molecule has 0 spiro atoms. The smallest absolute Gasteiger partial charge is 0.134 e. The van der Waals surface area contributed by atoms with Crippen molar-refractivity contribution in [3.05, 3.63) is 37.9 Å². The lowest BCUT2D eigenvalue weighted by atomic mass is 10.2. The van der Waals surface area contributed by atoms with E-state index >= 15 is 0 Å². The summed E-state index contributed by atoms with van der Waals surface area (Å²) in [5, 5.41) is 4.13. The first-order valence-corrected chi connectivity index (χ1v) is 4.23. The van der Waals surface area contributed by atoms with Gasteiger partial charge in [0.15, 0.2) is 0 Å². The van der Waals surface area contributed by atoms with Crippen molar-refractivity contribution in [2.45, 2.75) is 13.5 Å². The van der Waals surface area contributed by atoms with E-state index in [1.165, 1.54) is 0 Å². The summed E-state index contributed by atoms with van der Waals surface area (Å²) in [5.74, 6) is 0. The van der Waals surface area contributed by atoms with E-state index in [9.17, 15) is 0 Å². The van der Waals surface area contributed by atoms with E-state index in [2.05, 4.69) is 15.0 Å². The maximum absolute atomic E-state index is 8.12. The minimum atomic E-state index is 0.126. The number of azide groups is 1. The normalized spacial score (nSPS) is 9.46. The molecule has 0 saturated carbocycles. The highest BCUT2D eigenvalue weighted by Crippen LogP contribution is 2.24. The first-order valence-electron chi connectivity index (χ1n) is 3.47. The zero-order valence-corrected chi connectivity index (χ0v) is 8.34. The lowest BCUT2D eigenvalue weighted by Crippen LogP contribution is -1.91. The fourth-order valence-corrected chi connectivity index (χ4v) is 1.52. The molecule has 0 unspecified atom stereocenters. The van der Waals surface area contributed by atoms with Crippen LogP contribution in [0.4, 0.5) is 0 Å². The van der Waals surface area contributed by atoms with Crippen LogP contribution in [0.1, 0.15) is 11.3 Å². The average molecular weight is 217 g/mol. The molecule has 1 aromatic rings. The van der Waals surface area contributed by atoms with Gasteiger partial charge in [-0.2, -0.15) is 0 Å². The molecule has 0 fully saturated rings. The van der Waals surface area contributed by atoms with Crippen molar-refractivity contribution in [1.82, 2.24) is 4.98 Å². The van der Waals surface area contributed by atoms with E-state index in [1.807, 2.05) is 0 Å². The summed E-state index contributed by atoms with van der Waals surface area (Å²) >= 11 is 11.7. The highest BCUT2D eigenvalue weighted by Gasteiger charge is 2.06. The van der Waals surface area contributed by atoms with Gasteiger partial charge in [-0.25, -0.2) is 4.98 Å². The van der Waals surface area contributed by atoms with Crippen LogP contribution in [0.25, 0.3) is 10.4 Å². The molecular formula is C7H6Cl2N4. The van der Waals surface area contributed by atoms with E-state index in [0.29, 0.717) is 10.6 Å². The molecule has 68 valence electrons. The van der Waals surface area contributed by atoms with Crippen LogP contribution in [0.15, 0.2) is 11.2 Å². The number of pyridine rings is 1. The molecule has 0 aliphatic carbocycles. The van der Waals surface area contributed by atoms with Crippen LogP contribution in [0.5, 0.6) is 0 Å². The number of halogens is 2. The second kappa shape index (κ2) is 4.33. The van der Waals surface area contributed by atoms with Gasteiger partial charge in [0.25, 0.3) is 0 Å². The van der Waals surface area contributed by atoms with Gasteiger partial charge in [0.1, 0.15) is 5.15 Å². The minimum Gasteiger partial charge on any atom is -0.241 e. The van der Waals surface area contributed by atoms with Crippen molar-refractivity contribution in [2.75, 3.05) is 0 Å². The van der Waals surface area contributed by atoms with Crippen molar-refractivity contribution in [3.63, 3.8) is 0 Å². The highest BCUT2D eigenvalue weighted by molar-refractivity contribution is 6.35. The summed E-state index contributed by atoms with van der Waals surface area (Å²) in [6, 6.07) is 1.68. The number of nitrogens with zero attached hydrogens (tertiary/aromatic N) is 4. The molecular weight excluding hydrogens is 211 g/mol. The third-order valence-corrected chi connectivity index (χ3v) is 2.09. The Labute approximate surface area is 85.1 Å². The third kappa shape index (κ3) is 2.49. The van der Waals surface area contributed by atoms with E-state index in [0.717, 1.165) is 5.69 Å². The molecule has 0 bridgehead atoms. The van der Waals surface area contributed by atoms with Gasteiger partial charge in [0.2, 0.25) is 0 Å². The Kier molecular flexibility index (Phi) is 3.37. The van der Waals surface area contributed by atoms with Crippen LogP contribution in [0, 0.1) is 6.92 Å². The quantitative estimate of drug-likeness (QED) is 0.323. The molecule has 0 amide bonds. The molecule has 1 aromatic heterocycles. The van der Waals surface area contributed by atoms with Crippen LogP contribution in [-0.2, 0) is 6.54 Å². The second-order valence-electron chi connectivity index (χ2n) is 2.40. The monoisotopic (exact) mass is 216 g/mol. The highest BCUT2D eigenvalue weighted by atomic mass is 35.5. The number of aryl methyl sites for hydroxylation is 1. The fourth-order valence-electron chi connectivity index (χ4n) is 0.867. The average Bonchev–Trinajstić information content (AvgIpc) is 2.02. The van der Waals surface area contributed by atoms with Crippen LogP contribution in [0.3, 0.4) is 0 Å². The molecule has 1 rings (SSSR count). The zero-order valence-electron chi connectivity index (χ0n) is 6.83. The van der Waals surface area contributed by atoms with Gasteiger partial charge in [-0.1, -0.05) is 28.3 Å². The molecule has 0 radical (unpaired) electrons. The van der Waals surface area contributed by atoms with Crippen LogP contribution in [0.2, 0.25) is 10.2 Å². The number of aromatic nitrogens is 1. The lowest BCUT2D eigenvalue weighted by Gasteiger charge is -2.03. The van der Waals surface area contributed by atoms with E-state index in [-0.39, 0.29) is 11.7 Å². The Hall–Kier alpha value is -0.960. The molecule has 0 aliphatic heterocycles. The number of rotatable bonds is 2. The van der Waals surface area contributed by atoms with Crippen molar-refractivity contribution < 1.29 is 0 Å². The molecule has 4 nitrogen and oxygen atoms in total. The summed E-state index contributed by atoms with van der Waals surface area (Å²) in [6.07, 6.45) is 0. The van der Waals surface area contributed by atoms with Crippen LogP contribution in [-0.4, -0.2) is 4.98 Å². The first kappa shape index (κ1) is 10.1. The molecule has 0 atom stereocenters. The Bertz CT molecular complexity index is 348. The van der Waals surface area contributed by atoms with Gasteiger partial charge in [0, 0.05) is 21.2 Å². The summed E-state index contributed by atoms with van der Waals surface area (Å²) in [7, 11) is 0. The maximum atomic E-state index is 8.12. The van der Waals surface area contributed by atoms with Crippen LogP contribution < -0.4 is 0 Å². The third-order valence-electron chi connectivity index (χ3n) is 1.44. The van der Waals surface area contributed by atoms with Gasteiger partial charge in [-0.15, -0.1) is 0 Å².